The van der Waals surface area contributed by atoms with Crippen LogP contribution in [0.3, 0.4) is 0 Å². The third kappa shape index (κ3) is 4.89. The summed E-state index contributed by atoms with van der Waals surface area (Å²) >= 11 is 0. The largest absolute Gasteiger partial charge is 0.0622 e. The number of rotatable bonds is 4. The highest BCUT2D eigenvalue weighted by Gasteiger charge is 2.23. The summed E-state index contributed by atoms with van der Waals surface area (Å²) in [6, 6.07) is 81.0. The molecular weight excluding hydrogens is 697 g/mol. The molecular formula is C58H36. The highest BCUT2D eigenvalue weighted by atomic mass is 14.3. The van der Waals surface area contributed by atoms with Gasteiger partial charge in [-0.2, -0.15) is 0 Å². The lowest BCUT2D eigenvalue weighted by molar-refractivity contribution is 1.66. The molecule has 0 N–H and O–H groups in total. The molecule has 0 saturated carbocycles. The minimum Gasteiger partial charge on any atom is -0.0622 e. The standard InChI is InChI=1S/C58H36/c1-2-19-40(20-3-1)54-47-26-10-12-28-49(47)55(50-29-13-11-27-48(50)54)41-33-34-51-53(36-41)56(45-30-14-21-37-16-4-7-23-42(37)45)52-35-32-39-18-6-9-25-44(39)57(52)58(51)46-31-15-22-38-17-5-8-24-43(38)46/h1-36H. The molecule has 0 aliphatic rings. The van der Waals surface area contributed by atoms with E-state index >= 15 is 0 Å². The van der Waals surface area contributed by atoms with E-state index < -0.39 is 0 Å². The summed E-state index contributed by atoms with van der Waals surface area (Å²) in [7, 11) is 0. The molecule has 0 bridgehead atoms. The topological polar surface area (TPSA) is 0 Å². The summed E-state index contributed by atoms with van der Waals surface area (Å²) in [4.78, 5) is 0. The van der Waals surface area contributed by atoms with Crippen molar-refractivity contribution < 1.29 is 0 Å². The molecule has 0 heteroatoms. The molecule has 0 atom stereocenters. The van der Waals surface area contributed by atoms with Crippen LogP contribution in [0.1, 0.15) is 0 Å². The molecule has 0 saturated heterocycles. The van der Waals surface area contributed by atoms with Crippen LogP contribution in [-0.4, -0.2) is 0 Å². The van der Waals surface area contributed by atoms with E-state index in [-0.39, 0.29) is 0 Å². The molecule has 0 unspecified atom stereocenters. The molecule has 0 aliphatic heterocycles. The Morgan fingerprint density at radius 2 is 0.603 bits per heavy atom. The Morgan fingerprint density at radius 1 is 0.190 bits per heavy atom. The molecule has 0 heterocycles. The molecule has 12 aromatic rings. The second kappa shape index (κ2) is 13.0. The highest BCUT2D eigenvalue weighted by Crippen LogP contribution is 2.51. The van der Waals surface area contributed by atoms with E-state index in [9.17, 15) is 0 Å². The predicted octanol–water partition coefficient (Wildman–Crippen LogP) is 16.4. The van der Waals surface area contributed by atoms with E-state index in [1.807, 2.05) is 0 Å². The second-order valence-electron chi connectivity index (χ2n) is 15.5. The second-order valence-corrected chi connectivity index (χ2v) is 15.5. The van der Waals surface area contributed by atoms with E-state index in [2.05, 4.69) is 218 Å². The van der Waals surface area contributed by atoms with Crippen LogP contribution in [0.5, 0.6) is 0 Å². The number of benzene rings is 12. The van der Waals surface area contributed by atoms with Crippen molar-refractivity contribution in [1.82, 2.24) is 0 Å². The molecule has 0 radical (unpaired) electrons. The van der Waals surface area contributed by atoms with Crippen molar-refractivity contribution >= 4 is 75.4 Å². The molecule has 0 nitrogen and oxygen atoms in total. The van der Waals surface area contributed by atoms with E-state index in [0.717, 1.165) is 0 Å². The highest BCUT2D eigenvalue weighted by molar-refractivity contribution is 6.31. The molecule has 0 spiro atoms. The molecule has 268 valence electrons. The Balaban J connectivity index is 1.29. The first-order chi connectivity index (χ1) is 28.8. The van der Waals surface area contributed by atoms with Gasteiger partial charge in [0.2, 0.25) is 0 Å². The van der Waals surface area contributed by atoms with Crippen LogP contribution in [0.2, 0.25) is 0 Å². The van der Waals surface area contributed by atoms with E-state index in [0.29, 0.717) is 0 Å². The molecule has 12 aromatic carbocycles. The smallest absolute Gasteiger partial charge is 0.00139 e. The van der Waals surface area contributed by atoms with E-state index in [4.69, 9.17) is 0 Å². The predicted molar refractivity (Wildman–Crippen MR) is 251 cm³/mol. The average Bonchev–Trinajstić information content (AvgIpc) is 3.29. The van der Waals surface area contributed by atoms with Crippen molar-refractivity contribution in [2.24, 2.45) is 0 Å². The molecule has 0 aliphatic carbocycles. The third-order valence-corrected chi connectivity index (χ3v) is 12.4. The number of hydrogen-bond donors (Lipinski definition) is 0. The Morgan fingerprint density at radius 3 is 1.19 bits per heavy atom. The van der Waals surface area contributed by atoms with Crippen molar-refractivity contribution in [1.29, 1.82) is 0 Å². The van der Waals surface area contributed by atoms with Gasteiger partial charge in [0.1, 0.15) is 0 Å². The summed E-state index contributed by atoms with van der Waals surface area (Å²) in [5.74, 6) is 0. The van der Waals surface area contributed by atoms with Crippen LogP contribution >= 0.6 is 0 Å². The van der Waals surface area contributed by atoms with Gasteiger partial charge in [-0.1, -0.05) is 212 Å². The Kier molecular flexibility index (Phi) is 7.33. The van der Waals surface area contributed by atoms with Gasteiger partial charge in [-0.3, -0.25) is 0 Å². The van der Waals surface area contributed by atoms with Crippen LogP contribution < -0.4 is 0 Å². The van der Waals surface area contributed by atoms with Gasteiger partial charge in [0.25, 0.3) is 0 Å². The number of hydrogen-bond acceptors (Lipinski definition) is 0. The van der Waals surface area contributed by atoms with Gasteiger partial charge in [0.15, 0.2) is 0 Å². The summed E-state index contributed by atoms with van der Waals surface area (Å²) < 4.78 is 0. The van der Waals surface area contributed by atoms with Gasteiger partial charge >= 0.3 is 0 Å². The first-order valence-corrected chi connectivity index (χ1v) is 20.2. The molecule has 58 heavy (non-hydrogen) atoms. The van der Waals surface area contributed by atoms with Gasteiger partial charge in [0, 0.05) is 0 Å². The molecule has 0 aromatic heterocycles. The Bertz CT molecular complexity index is 3540. The van der Waals surface area contributed by atoms with Crippen molar-refractivity contribution in [2.75, 3.05) is 0 Å². The summed E-state index contributed by atoms with van der Waals surface area (Å²) in [6.07, 6.45) is 0. The van der Waals surface area contributed by atoms with Crippen LogP contribution in [0.15, 0.2) is 218 Å². The maximum absolute atomic E-state index is 2.51. The lowest BCUT2D eigenvalue weighted by atomic mass is 9.80. The summed E-state index contributed by atoms with van der Waals surface area (Å²) in [6.45, 7) is 0. The molecule has 0 amide bonds. The fraction of sp³-hybridized carbons (Fsp3) is 0. The fourth-order valence-electron chi connectivity index (χ4n) is 9.97. The van der Waals surface area contributed by atoms with Crippen LogP contribution in [0.25, 0.3) is 120 Å². The zero-order chi connectivity index (χ0) is 38.2. The first-order valence-electron chi connectivity index (χ1n) is 20.2. The van der Waals surface area contributed by atoms with Gasteiger partial charge in [-0.05, 0) is 126 Å². The van der Waals surface area contributed by atoms with Gasteiger partial charge in [0.05, 0.1) is 0 Å². The van der Waals surface area contributed by atoms with E-state index in [1.54, 1.807) is 0 Å². The summed E-state index contributed by atoms with van der Waals surface area (Å²) in [5, 5.41) is 17.6. The van der Waals surface area contributed by atoms with Gasteiger partial charge in [-0.15, -0.1) is 0 Å². The SMILES string of the molecule is c1ccc(-c2c3ccccc3c(-c3ccc4c(-c5cccc6ccccc56)c5c(ccc6ccccc65)c(-c5cccc6ccccc56)c4c3)c3ccccc23)cc1. The minimum absolute atomic E-state index is 1.21. The lowest BCUT2D eigenvalue weighted by Crippen LogP contribution is -1.95. The van der Waals surface area contributed by atoms with Crippen LogP contribution in [0.4, 0.5) is 0 Å². The lowest BCUT2D eigenvalue weighted by Gasteiger charge is -2.22. The number of fused-ring (bicyclic) bond motifs is 8. The average molecular weight is 733 g/mol. The monoisotopic (exact) mass is 732 g/mol. The van der Waals surface area contributed by atoms with Crippen molar-refractivity contribution in [3.63, 3.8) is 0 Å². The first kappa shape index (κ1) is 32.7. The van der Waals surface area contributed by atoms with Crippen molar-refractivity contribution in [3.05, 3.63) is 218 Å². The van der Waals surface area contributed by atoms with E-state index in [1.165, 1.54) is 120 Å². The zero-order valence-corrected chi connectivity index (χ0v) is 31.8. The molecule has 12 rings (SSSR count). The Labute approximate surface area is 336 Å². The van der Waals surface area contributed by atoms with Crippen molar-refractivity contribution in [2.45, 2.75) is 0 Å². The summed E-state index contributed by atoms with van der Waals surface area (Å²) in [5.41, 5.74) is 10.0. The maximum Gasteiger partial charge on any atom is -0.00139 e. The van der Waals surface area contributed by atoms with Crippen molar-refractivity contribution in [3.8, 4) is 44.5 Å². The quantitative estimate of drug-likeness (QED) is 0.125. The normalized spacial score (nSPS) is 11.8. The third-order valence-electron chi connectivity index (χ3n) is 12.4. The maximum atomic E-state index is 2.51. The minimum atomic E-state index is 1.21. The van der Waals surface area contributed by atoms with Gasteiger partial charge < -0.3 is 0 Å². The molecule has 0 fully saturated rings. The van der Waals surface area contributed by atoms with Crippen LogP contribution in [-0.2, 0) is 0 Å². The van der Waals surface area contributed by atoms with Gasteiger partial charge in [-0.25, -0.2) is 0 Å². The van der Waals surface area contributed by atoms with Crippen LogP contribution in [0, 0.1) is 0 Å². The zero-order valence-electron chi connectivity index (χ0n) is 31.8. The Hall–Kier alpha value is -7.54. The fourth-order valence-corrected chi connectivity index (χ4v) is 9.97.